The molecule has 5 nitrogen and oxygen atoms in total. The first-order chi connectivity index (χ1) is 16.0. The average Bonchev–Trinajstić information content (AvgIpc) is 2.83. The molecule has 168 valence electrons. The minimum Gasteiger partial charge on any atom is -0.497 e. The number of carbonyl (C=O) groups is 2. The van der Waals surface area contributed by atoms with Crippen molar-refractivity contribution in [2.45, 2.75) is 32.4 Å². The lowest BCUT2D eigenvalue weighted by Gasteiger charge is -2.43. The fourth-order valence-electron chi connectivity index (χ4n) is 4.52. The molecule has 2 amide bonds. The quantitative estimate of drug-likeness (QED) is 0.483. The van der Waals surface area contributed by atoms with Crippen LogP contribution in [0.15, 0.2) is 84.9 Å². The minimum absolute atomic E-state index is 0.00499. The maximum Gasteiger partial charge on any atom is 0.251 e. The average molecular weight is 441 g/mol. The summed E-state index contributed by atoms with van der Waals surface area (Å²) < 4.78 is 5.21. The van der Waals surface area contributed by atoms with Crippen LogP contribution < -0.4 is 14.5 Å². The van der Waals surface area contributed by atoms with E-state index in [-0.39, 0.29) is 23.9 Å². The number of anilines is 2. The third-order valence-corrected chi connectivity index (χ3v) is 6.02. The smallest absolute Gasteiger partial charge is 0.251 e. The van der Waals surface area contributed by atoms with E-state index in [4.69, 9.17) is 4.74 Å². The lowest BCUT2D eigenvalue weighted by Crippen LogP contribution is -2.46. The number of rotatable bonds is 5. The molecule has 2 atom stereocenters. The third-order valence-electron chi connectivity index (χ3n) is 6.02. The van der Waals surface area contributed by atoms with Crippen molar-refractivity contribution in [3.05, 3.63) is 96.1 Å². The molecule has 0 bridgehead atoms. The molecule has 3 aromatic carbocycles. The van der Waals surface area contributed by atoms with Gasteiger partial charge in [0.15, 0.2) is 0 Å². The molecule has 0 N–H and O–H groups in total. The molecule has 33 heavy (non-hydrogen) atoms. The molecule has 3 aromatic rings. The Hall–Kier alpha value is -3.86. The van der Waals surface area contributed by atoms with Crippen molar-refractivity contribution in [1.82, 2.24) is 0 Å². The van der Waals surface area contributed by atoms with Gasteiger partial charge in [0.25, 0.3) is 5.91 Å². The number of hydrogen-bond acceptors (Lipinski definition) is 3. The molecule has 1 aliphatic heterocycles. The minimum atomic E-state index is -0.192. The summed E-state index contributed by atoms with van der Waals surface area (Å²) in [5.74, 6) is 0.665. The molecule has 0 saturated heterocycles. The van der Waals surface area contributed by atoms with Gasteiger partial charge in [-0.1, -0.05) is 48.5 Å². The molecule has 1 heterocycles. The van der Waals surface area contributed by atoms with Gasteiger partial charge in [0.05, 0.1) is 13.2 Å². The van der Waals surface area contributed by atoms with E-state index in [0.29, 0.717) is 6.42 Å². The Morgan fingerprint density at radius 2 is 1.64 bits per heavy atom. The van der Waals surface area contributed by atoms with Crippen molar-refractivity contribution in [1.29, 1.82) is 0 Å². The summed E-state index contributed by atoms with van der Waals surface area (Å²) in [4.78, 5) is 29.7. The largest absolute Gasteiger partial charge is 0.497 e. The first-order valence-corrected chi connectivity index (χ1v) is 11.1. The summed E-state index contributed by atoms with van der Waals surface area (Å²) in [5.41, 5.74) is 3.57. The zero-order chi connectivity index (χ0) is 23.4. The number of para-hydroxylation sites is 2. The van der Waals surface area contributed by atoms with Crippen LogP contribution in [0.1, 0.15) is 37.4 Å². The maximum absolute atomic E-state index is 13.6. The number of fused-ring (bicyclic) bond motifs is 1. The van der Waals surface area contributed by atoms with Crippen LogP contribution in [0.25, 0.3) is 6.08 Å². The zero-order valence-corrected chi connectivity index (χ0v) is 19.1. The fraction of sp³-hybridized carbons (Fsp3) is 0.214. The van der Waals surface area contributed by atoms with Crippen LogP contribution in [-0.2, 0) is 9.59 Å². The lowest BCUT2D eigenvalue weighted by molar-refractivity contribution is -0.117. The van der Waals surface area contributed by atoms with Gasteiger partial charge >= 0.3 is 0 Å². The third kappa shape index (κ3) is 4.67. The van der Waals surface area contributed by atoms with Gasteiger partial charge in [-0.25, -0.2) is 0 Å². The highest BCUT2D eigenvalue weighted by atomic mass is 16.5. The topological polar surface area (TPSA) is 49.9 Å². The Bertz CT molecular complexity index is 1160. The summed E-state index contributed by atoms with van der Waals surface area (Å²) in [6.07, 6.45) is 4.07. The maximum atomic E-state index is 13.6. The number of ether oxygens (including phenoxy) is 1. The van der Waals surface area contributed by atoms with Gasteiger partial charge in [0.1, 0.15) is 5.75 Å². The zero-order valence-electron chi connectivity index (χ0n) is 19.1. The van der Waals surface area contributed by atoms with Gasteiger partial charge in [-0.3, -0.25) is 9.59 Å². The lowest BCUT2D eigenvalue weighted by atomic mass is 9.90. The summed E-state index contributed by atoms with van der Waals surface area (Å²) >= 11 is 0. The molecular formula is C28H28N2O3. The van der Waals surface area contributed by atoms with Gasteiger partial charge in [-0.2, -0.15) is 0 Å². The molecule has 0 radical (unpaired) electrons. The Morgan fingerprint density at radius 1 is 0.970 bits per heavy atom. The number of carbonyl (C=O) groups excluding carboxylic acids is 2. The Balaban J connectivity index is 1.73. The number of hydrogen-bond donors (Lipinski definition) is 0. The van der Waals surface area contributed by atoms with Crippen LogP contribution >= 0.6 is 0 Å². The van der Waals surface area contributed by atoms with Gasteiger partial charge in [-0.05, 0) is 60.9 Å². The first-order valence-electron chi connectivity index (χ1n) is 11.1. The van der Waals surface area contributed by atoms with E-state index in [0.717, 1.165) is 28.3 Å². The summed E-state index contributed by atoms with van der Waals surface area (Å²) in [5, 5.41) is 0. The van der Waals surface area contributed by atoms with Crippen molar-refractivity contribution in [3.63, 3.8) is 0 Å². The number of methoxy groups -OCH3 is 1. The van der Waals surface area contributed by atoms with E-state index >= 15 is 0 Å². The highest BCUT2D eigenvalue weighted by Crippen LogP contribution is 2.42. The van der Waals surface area contributed by atoms with E-state index in [2.05, 4.69) is 0 Å². The predicted octanol–water partition coefficient (Wildman–Crippen LogP) is 5.63. The predicted molar refractivity (Wildman–Crippen MR) is 132 cm³/mol. The molecule has 4 rings (SSSR count). The molecule has 5 heteroatoms. The second-order valence-electron chi connectivity index (χ2n) is 8.20. The van der Waals surface area contributed by atoms with Crippen LogP contribution in [0.4, 0.5) is 11.4 Å². The van der Waals surface area contributed by atoms with E-state index in [1.807, 2.05) is 102 Å². The monoisotopic (exact) mass is 440 g/mol. The molecule has 0 aliphatic carbocycles. The molecule has 1 aliphatic rings. The number of amides is 2. The van der Waals surface area contributed by atoms with Crippen LogP contribution in [0, 0.1) is 0 Å². The van der Waals surface area contributed by atoms with Gasteiger partial charge in [0.2, 0.25) is 5.91 Å². The Kier molecular flexibility index (Phi) is 6.59. The van der Waals surface area contributed by atoms with Crippen LogP contribution in [-0.4, -0.2) is 25.0 Å². The van der Waals surface area contributed by atoms with Crippen molar-refractivity contribution >= 4 is 29.3 Å². The first kappa shape index (κ1) is 22.3. The van der Waals surface area contributed by atoms with Crippen molar-refractivity contribution in [2.24, 2.45) is 0 Å². The van der Waals surface area contributed by atoms with Gasteiger partial charge in [0, 0.05) is 30.4 Å². The van der Waals surface area contributed by atoms with E-state index in [9.17, 15) is 9.59 Å². The summed E-state index contributed by atoms with van der Waals surface area (Å²) in [6.45, 7) is 3.62. The normalized spacial score (nSPS) is 17.5. The molecular weight excluding hydrogens is 412 g/mol. The van der Waals surface area contributed by atoms with Crippen molar-refractivity contribution in [2.75, 3.05) is 16.9 Å². The second-order valence-corrected chi connectivity index (χ2v) is 8.20. The summed E-state index contributed by atoms with van der Waals surface area (Å²) in [6, 6.07) is 24.9. The van der Waals surface area contributed by atoms with Crippen molar-refractivity contribution < 1.29 is 14.3 Å². The van der Waals surface area contributed by atoms with Crippen LogP contribution in [0.5, 0.6) is 5.75 Å². The highest BCUT2D eigenvalue weighted by molar-refractivity contribution is 6.05. The number of benzene rings is 3. The van der Waals surface area contributed by atoms with Gasteiger partial charge < -0.3 is 14.5 Å². The van der Waals surface area contributed by atoms with E-state index in [1.165, 1.54) is 0 Å². The second kappa shape index (κ2) is 9.74. The summed E-state index contributed by atoms with van der Waals surface area (Å²) in [7, 11) is 1.63. The van der Waals surface area contributed by atoms with Crippen molar-refractivity contribution in [3.8, 4) is 5.75 Å². The van der Waals surface area contributed by atoms with E-state index < -0.39 is 0 Å². The SMILES string of the molecule is COc1ccc(/C=C/C(=O)N(c2ccccc2)[C@@H]2C[C@@H](C)N(C(C)=O)c3ccccc32)cc1. The standard InChI is InChI=1S/C28H28N2O3/c1-20-19-27(25-11-7-8-12-26(25)29(20)21(2)31)30(23-9-5-4-6-10-23)28(32)18-15-22-13-16-24(33-3)17-14-22/h4-18,20,27H,19H2,1-3H3/b18-15+/t20-,27-/m1/s1. The van der Waals surface area contributed by atoms with Crippen LogP contribution in [0.2, 0.25) is 0 Å². The molecule has 0 fully saturated rings. The van der Waals surface area contributed by atoms with Gasteiger partial charge in [-0.15, -0.1) is 0 Å². The fourth-order valence-corrected chi connectivity index (χ4v) is 4.52. The highest BCUT2D eigenvalue weighted by Gasteiger charge is 2.37. The Morgan fingerprint density at radius 3 is 2.30 bits per heavy atom. The molecule has 0 unspecified atom stereocenters. The molecule has 0 spiro atoms. The Labute approximate surface area is 194 Å². The van der Waals surface area contributed by atoms with E-state index in [1.54, 1.807) is 20.1 Å². The van der Waals surface area contributed by atoms with Crippen LogP contribution in [0.3, 0.4) is 0 Å². The molecule has 0 saturated carbocycles. The molecule has 0 aromatic heterocycles. The number of nitrogens with zero attached hydrogens (tertiary/aromatic N) is 2.